The summed E-state index contributed by atoms with van der Waals surface area (Å²) in [6.45, 7) is 12.0. The molecule has 4 heteroatoms. The number of nitrogens with one attached hydrogen (secondary N) is 1. The highest BCUT2D eigenvalue weighted by molar-refractivity contribution is 5.82. The van der Waals surface area contributed by atoms with Crippen molar-refractivity contribution < 1.29 is 0 Å². The van der Waals surface area contributed by atoms with Gasteiger partial charge in [-0.1, -0.05) is 13.8 Å². The van der Waals surface area contributed by atoms with E-state index in [4.69, 9.17) is 11.1 Å². The predicted octanol–water partition coefficient (Wildman–Crippen LogP) is 0.584. The average molecular weight is 212 g/mol. The molecule has 1 aliphatic rings. The van der Waals surface area contributed by atoms with Gasteiger partial charge in [0.05, 0.1) is 6.04 Å². The van der Waals surface area contributed by atoms with Gasteiger partial charge >= 0.3 is 0 Å². The van der Waals surface area contributed by atoms with Crippen LogP contribution in [0, 0.1) is 11.3 Å². The van der Waals surface area contributed by atoms with E-state index in [1.165, 1.54) is 6.54 Å². The van der Waals surface area contributed by atoms with Gasteiger partial charge < -0.3 is 10.6 Å². The molecule has 0 spiro atoms. The lowest BCUT2D eigenvalue weighted by atomic mass is 10.1. The monoisotopic (exact) mass is 212 g/mol. The zero-order valence-electron chi connectivity index (χ0n) is 10.2. The smallest absolute Gasteiger partial charge is 0.108 e. The number of rotatable bonds is 4. The summed E-state index contributed by atoms with van der Waals surface area (Å²) in [6.07, 6.45) is 0. The highest BCUT2D eigenvalue weighted by Gasteiger charge is 2.22. The van der Waals surface area contributed by atoms with Crippen LogP contribution < -0.4 is 5.73 Å². The lowest BCUT2D eigenvalue weighted by Crippen LogP contribution is -2.53. The first-order valence-corrected chi connectivity index (χ1v) is 5.81. The van der Waals surface area contributed by atoms with E-state index < -0.39 is 0 Å². The molecule has 3 N–H and O–H groups in total. The molecule has 1 atom stereocenters. The molecule has 0 radical (unpaired) electrons. The summed E-state index contributed by atoms with van der Waals surface area (Å²) in [5, 5.41) is 7.42. The lowest BCUT2D eigenvalue weighted by molar-refractivity contribution is 0.113. The highest BCUT2D eigenvalue weighted by Crippen LogP contribution is 2.08. The molecule has 0 amide bonds. The van der Waals surface area contributed by atoms with Crippen LogP contribution in [0.2, 0.25) is 0 Å². The third-order valence-electron chi connectivity index (χ3n) is 3.03. The van der Waals surface area contributed by atoms with E-state index in [1.807, 2.05) is 6.92 Å². The Balaban J connectivity index is 2.32. The summed E-state index contributed by atoms with van der Waals surface area (Å²) in [5.74, 6) is 1.02. The van der Waals surface area contributed by atoms with Crippen LogP contribution in [0.5, 0.6) is 0 Å². The average Bonchev–Trinajstić information content (AvgIpc) is 2.17. The fourth-order valence-electron chi connectivity index (χ4n) is 2.05. The second-order valence-corrected chi connectivity index (χ2v) is 4.86. The number of nitrogens with zero attached hydrogens (tertiary/aromatic N) is 2. The van der Waals surface area contributed by atoms with Crippen LogP contribution in [0.3, 0.4) is 0 Å². The van der Waals surface area contributed by atoms with Gasteiger partial charge in [-0.25, -0.2) is 0 Å². The largest absolute Gasteiger partial charge is 0.386 e. The van der Waals surface area contributed by atoms with Crippen molar-refractivity contribution in [3.05, 3.63) is 0 Å². The molecule has 1 aliphatic heterocycles. The van der Waals surface area contributed by atoms with Gasteiger partial charge in [-0.05, 0) is 12.8 Å². The van der Waals surface area contributed by atoms with Crippen molar-refractivity contribution in [2.45, 2.75) is 26.8 Å². The van der Waals surface area contributed by atoms with Crippen molar-refractivity contribution in [3.8, 4) is 0 Å². The minimum absolute atomic E-state index is 0.103. The molecule has 1 heterocycles. The number of nitrogens with two attached hydrogens (primary N) is 1. The van der Waals surface area contributed by atoms with Crippen molar-refractivity contribution in [2.75, 3.05) is 32.7 Å². The number of hydrogen-bond acceptors (Lipinski definition) is 3. The molecule has 4 nitrogen and oxygen atoms in total. The molecule has 1 saturated heterocycles. The van der Waals surface area contributed by atoms with E-state index in [2.05, 4.69) is 23.6 Å². The van der Waals surface area contributed by atoms with Gasteiger partial charge in [0, 0.05) is 32.7 Å². The molecule has 0 aromatic heterocycles. The molecule has 88 valence electrons. The normalized spacial score (nSPS) is 21.9. The topological polar surface area (TPSA) is 56.4 Å². The molecule has 1 rings (SSSR count). The lowest BCUT2D eigenvalue weighted by Gasteiger charge is -2.38. The maximum Gasteiger partial charge on any atom is 0.108 e. The number of hydrogen-bond donors (Lipinski definition) is 2. The second-order valence-electron chi connectivity index (χ2n) is 4.86. The Hall–Kier alpha value is -0.610. The Morgan fingerprint density at radius 3 is 2.13 bits per heavy atom. The number of piperazine rings is 1. The van der Waals surface area contributed by atoms with Crippen LogP contribution in [0.1, 0.15) is 20.8 Å². The first-order valence-electron chi connectivity index (χ1n) is 5.81. The van der Waals surface area contributed by atoms with Gasteiger partial charge in [-0.15, -0.1) is 0 Å². The molecule has 15 heavy (non-hydrogen) atoms. The van der Waals surface area contributed by atoms with E-state index in [1.54, 1.807) is 0 Å². The summed E-state index contributed by atoms with van der Waals surface area (Å²) < 4.78 is 0. The fraction of sp³-hybridized carbons (Fsp3) is 0.909. The van der Waals surface area contributed by atoms with Gasteiger partial charge in [-0.2, -0.15) is 0 Å². The minimum Gasteiger partial charge on any atom is -0.386 e. The summed E-state index contributed by atoms with van der Waals surface area (Å²) >= 11 is 0. The zero-order valence-corrected chi connectivity index (χ0v) is 10.2. The Morgan fingerprint density at radius 1 is 1.20 bits per heavy atom. The molecule has 1 unspecified atom stereocenters. The number of amidine groups is 1. The second kappa shape index (κ2) is 5.47. The minimum atomic E-state index is 0.103. The van der Waals surface area contributed by atoms with Crippen molar-refractivity contribution in [2.24, 2.45) is 11.7 Å². The van der Waals surface area contributed by atoms with Crippen LogP contribution in [0.15, 0.2) is 0 Å². The van der Waals surface area contributed by atoms with Gasteiger partial charge in [0.2, 0.25) is 0 Å². The molecule has 0 aromatic carbocycles. The third-order valence-corrected chi connectivity index (χ3v) is 3.03. The van der Waals surface area contributed by atoms with Gasteiger partial charge in [-0.3, -0.25) is 10.3 Å². The van der Waals surface area contributed by atoms with Crippen molar-refractivity contribution in [3.63, 3.8) is 0 Å². The molecule has 0 saturated carbocycles. The molecule has 0 aromatic rings. The summed E-state index contributed by atoms with van der Waals surface area (Å²) in [5.41, 5.74) is 5.51. The van der Waals surface area contributed by atoms with E-state index >= 15 is 0 Å². The third kappa shape index (κ3) is 3.80. The van der Waals surface area contributed by atoms with Gasteiger partial charge in [0.15, 0.2) is 0 Å². The van der Waals surface area contributed by atoms with Crippen molar-refractivity contribution in [1.29, 1.82) is 5.41 Å². The van der Waals surface area contributed by atoms with E-state index in [-0.39, 0.29) is 11.9 Å². The van der Waals surface area contributed by atoms with Crippen molar-refractivity contribution in [1.82, 2.24) is 9.80 Å². The SMILES string of the molecule is CC(C)CN1CCN(C(C)C(=N)N)CC1. The van der Waals surface area contributed by atoms with E-state index in [0.717, 1.165) is 32.1 Å². The molecule has 0 bridgehead atoms. The highest BCUT2D eigenvalue weighted by atomic mass is 15.3. The van der Waals surface area contributed by atoms with Crippen molar-refractivity contribution >= 4 is 5.84 Å². The summed E-state index contributed by atoms with van der Waals surface area (Å²) in [4.78, 5) is 4.78. The van der Waals surface area contributed by atoms with Gasteiger partial charge in [0.1, 0.15) is 5.84 Å². The van der Waals surface area contributed by atoms with Crippen LogP contribution in [0.25, 0.3) is 0 Å². The Bertz CT molecular complexity index is 207. The molecular formula is C11H24N4. The molecule has 1 fully saturated rings. The maximum absolute atomic E-state index is 7.42. The standard InChI is InChI=1S/C11H24N4/c1-9(2)8-14-4-6-15(7-5-14)10(3)11(12)13/h9-10H,4-8H2,1-3H3,(H3,12,13). The first-order chi connectivity index (χ1) is 7.00. The first kappa shape index (κ1) is 12.5. The van der Waals surface area contributed by atoms with Crippen LogP contribution in [0.4, 0.5) is 0 Å². The Kier molecular flexibility index (Phi) is 4.54. The predicted molar refractivity (Wildman–Crippen MR) is 64.2 cm³/mol. The van der Waals surface area contributed by atoms with Crippen LogP contribution >= 0.6 is 0 Å². The van der Waals surface area contributed by atoms with E-state index in [0.29, 0.717) is 0 Å². The van der Waals surface area contributed by atoms with Gasteiger partial charge in [0.25, 0.3) is 0 Å². The zero-order chi connectivity index (χ0) is 11.4. The summed E-state index contributed by atoms with van der Waals surface area (Å²) in [6, 6.07) is 0.103. The van der Waals surface area contributed by atoms with Crippen LogP contribution in [-0.4, -0.2) is 54.4 Å². The Labute approximate surface area is 92.9 Å². The quantitative estimate of drug-likeness (QED) is 0.529. The van der Waals surface area contributed by atoms with E-state index in [9.17, 15) is 0 Å². The maximum atomic E-state index is 7.42. The van der Waals surface area contributed by atoms with Crippen LogP contribution in [-0.2, 0) is 0 Å². The summed E-state index contributed by atoms with van der Waals surface area (Å²) in [7, 11) is 0. The Morgan fingerprint density at radius 2 is 1.73 bits per heavy atom. The molecule has 0 aliphatic carbocycles. The fourth-order valence-corrected chi connectivity index (χ4v) is 2.05. The molecular weight excluding hydrogens is 188 g/mol.